The lowest BCUT2D eigenvalue weighted by atomic mass is 9.88. The van der Waals surface area contributed by atoms with Gasteiger partial charge in [0, 0.05) is 6.54 Å². The van der Waals surface area contributed by atoms with Crippen molar-refractivity contribution in [3.05, 3.63) is 17.0 Å². The van der Waals surface area contributed by atoms with Gasteiger partial charge in [0.15, 0.2) is 0 Å². The molecule has 1 aromatic heterocycles. The van der Waals surface area contributed by atoms with Gasteiger partial charge in [-0.15, -0.1) is 0 Å². The summed E-state index contributed by atoms with van der Waals surface area (Å²) in [7, 11) is 0. The standard InChI is InChI=1S/C14H20N2O4/c1-4-10-5-6-16(11(7-10)14(18)19)13(17)12-8(2)15-20-9(12)3/h10-11H,4-7H2,1-3H3,(H,18,19). The summed E-state index contributed by atoms with van der Waals surface area (Å²) in [5.41, 5.74) is 0.903. The molecule has 0 saturated carbocycles. The molecule has 2 atom stereocenters. The van der Waals surface area contributed by atoms with Gasteiger partial charge in [0.2, 0.25) is 0 Å². The van der Waals surface area contributed by atoms with Gasteiger partial charge in [0.1, 0.15) is 17.4 Å². The van der Waals surface area contributed by atoms with Crippen LogP contribution in [0.2, 0.25) is 0 Å². The number of hydrogen-bond donors (Lipinski definition) is 1. The van der Waals surface area contributed by atoms with Gasteiger partial charge in [0.05, 0.1) is 5.69 Å². The fourth-order valence-corrected chi connectivity index (χ4v) is 2.82. The molecule has 0 aromatic carbocycles. The Balaban J connectivity index is 2.26. The molecule has 1 aliphatic rings. The highest BCUT2D eigenvalue weighted by Gasteiger charge is 2.37. The minimum atomic E-state index is -0.941. The molecule has 1 aromatic rings. The number of amides is 1. The van der Waals surface area contributed by atoms with E-state index in [1.54, 1.807) is 13.8 Å². The average Bonchev–Trinajstić information content (AvgIpc) is 2.76. The topological polar surface area (TPSA) is 83.6 Å². The number of piperidine rings is 1. The van der Waals surface area contributed by atoms with E-state index in [-0.39, 0.29) is 5.91 Å². The Labute approximate surface area is 117 Å². The number of carbonyl (C=O) groups is 2. The highest BCUT2D eigenvalue weighted by Crippen LogP contribution is 2.28. The van der Waals surface area contributed by atoms with E-state index in [4.69, 9.17) is 4.52 Å². The van der Waals surface area contributed by atoms with Gasteiger partial charge in [-0.1, -0.05) is 18.5 Å². The summed E-state index contributed by atoms with van der Waals surface area (Å²) in [5.74, 6) is -0.425. The summed E-state index contributed by atoms with van der Waals surface area (Å²) in [6.07, 6.45) is 2.30. The second kappa shape index (κ2) is 5.64. The average molecular weight is 280 g/mol. The summed E-state index contributed by atoms with van der Waals surface area (Å²) in [4.78, 5) is 25.5. The molecule has 20 heavy (non-hydrogen) atoms. The first-order valence-electron chi connectivity index (χ1n) is 6.92. The molecule has 1 N–H and O–H groups in total. The predicted molar refractivity (Wildman–Crippen MR) is 71.5 cm³/mol. The van der Waals surface area contributed by atoms with Gasteiger partial charge in [-0.2, -0.15) is 0 Å². The molecule has 2 heterocycles. The Hall–Kier alpha value is -1.85. The highest BCUT2D eigenvalue weighted by molar-refractivity contribution is 5.98. The van der Waals surface area contributed by atoms with E-state index in [9.17, 15) is 14.7 Å². The Morgan fingerprint density at radius 1 is 1.45 bits per heavy atom. The maximum atomic E-state index is 12.6. The highest BCUT2D eigenvalue weighted by atomic mass is 16.5. The van der Waals surface area contributed by atoms with Crippen LogP contribution in [0.15, 0.2) is 4.52 Å². The lowest BCUT2D eigenvalue weighted by Crippen LogP contribution is -2.50. The maximum Gasteiger partial charge on any atom is 0.326 e. The fourth-order valence-electron chi connectivity index (χ4n) is 2.82. The molecular formula is C14H20N2O4. The van der Waals surface area contributed by atoms with E-state index in [1.807, 2.05) is 0 Å². The van der Waals surface area contributed by atoms with Crippen molar-refractivity contribution in [1.29, 1.82) is 0 Å². The van der Waals surface area contributed by atoms with Crippen molar-refractivity contribution in [3.8, 4) is 0 Å². The molecule has 0 bridgehead atoms. The van der Waals surface area contributed by atoms with Crippen LogP contribution >= 0.6 is 0 Å². The molecule has 6 nitrogen and oxygen atoms in total. The SMILES string of the molecule is CCC1CCN(C(=O)c2c(C)noc2C)C(C(=O)O)C1. The fraction of sp³-hybridized carbons (Fsp3) is 0.643. The molecule has 1 aliphatic heterocycles. The Morgan fingerprint density at radius 2 is 2.15 bits per heavy atom. The number of aryl methyl sites for hydroxylation is 2. The molecular weight excluding hydrogens is 260 g/mol. The van der Waals surface area contributed by atoms with E-state index < -0.39 is 12.0 Å². The van der Waals surface area contributed by atoms with E-state index in [1.165, 1.54) is 4.90 Å². The third kappa shape index (κ3) is 2.55. The lowest BCUT2D eigenvalue weighted by molar-refractivity contribution is -0.144. The van der Waals surface area contributed by atoms with Gasteiger partial charge >= 0.3 is 5.97 Å². The number of nitrogens with zero attached hydrogens (tertiary/aromatic N) is 2. The van der Waals surface area contributed by atoms with Gasteiger partial charge in [0.25, 0.3) is 5.91 Å². The first kappa shape index (κ1) is 14.6. The summed E-state index contributed by atoms with van der Waals surface area (Å²) in [6, 6.07) is -0.755. The molecule has 2 rings (SSSR count). The Bertz CT molecular complexity index is 504. The zero-order chi connectivity index (χ0) is 14.9. The first-order chi connectivity index (χ1) is 9.45. The van der Waals surface area contributed by atoms with Crippen molar-refractivity contribution < 1.29 is 19.2 Å². The molecule has 0 radical (unpaired) electrons. The summed E-state index contributed by atoms with van der Waals surface area (Å²) >= 11 is 0. The zero-order valence-corrected chi connectivity index (χ0v) is 12.0. The van der Waals surface area contributed by atoms with Crippen molar-refractivity contribution in [2.75, 3.05) is 6.54 Å². The molecule has 0 spiro atoms. The van der Waals surface area contributed by atoms with Crippen LogP contribution in [0, 0.1) is 19.8 Å². The quantitative estimate of drug-likeness (QED) is 0.915. The largest absolute Gasteiger partial charge is 0.480 e. The normalized spacial score (nSPS) is 22.9. The van der Waals surface area contributed by atoms with Crippen molar-refractivity contribution in [3.63, 3.8) is 0 Å². The van der Waals surface area contributed by atoms with E-state index in [2.05, 4.69) is 12.1 Å². The zero-order valence-electron chi connectivity index (χ0n) is 12.0. The second-order valence-electron chi connectivity index (χ2n) is 5.35. The number of carboxylic acids is 1. The number of carbonyl (C=O) groups excluding carboxylic acids is 1. The van der Waals surface area contributed by atoms with Crippen LogP contribution in [-0.2, 0) is 4.79 Å². The van der Waals surface area contributed by atoms with Gasteiger partial charge in [-0.25, -0.2) is 4.79 Å². The van der Waals surface area contributed by atoms with Gasteiger partial charge < -0.3 is 14.5 Å². The van der Waals surface area contributed by atoms with Crippen LogP contribution in [0.4, 0.5) is 0 Å². The number of aromatic nitrogens is 1. The third-order valence-electron chi connectivity index (χ3n) is 4.08. The van der Waals surface area contributed by atoms with E-state index in [0.29, 0.717) is 35.9 Å². The molecule has 1 fully saturated rings. The number of aliphatic carboxylic acids is 1. The molecule has 6 heteroatoms. The third-order valence-corrected chi connectivity index (χ3v) is 4.08. The summed E-state index contributed by atoms with van der Waals surface area (Å²) in [6.45, 7) is 5.88. The molecule has 2 unspecified atom stereocenters. The van der Waals surface area contributed by atoms with Crippen LogP contribution in [0.5, 0.6) is 0 Å². The molecule has 110 valence electrons. The lowest BCUT2D eigenvalue weighted by Gasteiger charge is -2.36. The molecule has 0 aliphatic carbocycles. The second-order valence-corrected chi connectivity index (χ2v) is 5.35. The summed E-state index contributed by atoms with van der Waals surface area (Å²) < 4.78 is 5.00. The van der Waals surface area contributed by atoms with Crippen molar-refractivity contribution in [2.24, 2.45) is 5.92 Å². The van der Waals surface area contributed by atoms with Crippen molar-refractivity contribution >= 4 is 11.9 Å². The van der Waals surface area contributed by atoms with Crippen LogP contribution < -0.4 is 0 Å². The smallest absolute Gasteiger partial charge is 0.326 e. The van der Waals surface area contributed by atoms with E-state index in [0.717, 1.165) is 12.8 Å². The maximum absolute atomic E-state index is 12.6. The number of likely N-dealkylation sites (tertiary alicyclic amines) is 1. The minimum absolute atomic E-state index is 0.289. The van der Waals surface area contributed by atoms with Crippen LogP contribution in [0.3, 0.4) is 0 Å². The van der Waals surface area contributed by atoms with Crippen molar-refractivity contribution in [1.82, 2.24) is 10.1 Å². The van der Waals surface area contributed by atoms with Gasteiger partial charge in [-0.05, 0) is 32.6 Å². The minimum Gasteiger partial charge on any atom is -0.480 e. The number of rotatable bonds is 3. The Kier molecular flexibility index (Phi) is 4.11. The number of hydrogen-bond acceptors (Lipinski definition) is 4. The Morgan fingerprint density at radius 3 is 2.65 bits per heavy atom. The molecule has 1 saturated heterocycles. The van der Waals surface area contributed by atoms with Gasteiger partial charge in [-0.3, -0.25) is 4.79 Å². The van der Waals surface area contributed by atoms with Crippen LogP contribution in [0.1, 0.15) is 48.0 Å². The number of carboxylic acid groups (broad SMARTS) is 1. The van der Waals surface area contributed by atoms with Crippen LogP contribution in [-0.4, -0.2) is 39.6 Å². The predicted octanol–water partition coefficient (Wildman–Crippen LogP) is 2.01. The monoisotopic (exact) mass is 280 g/mol. The van der Waals surface area contributed by atoms with E-state index >= 15 is 0 Å². The molecule has 1 amide bonds. The van der Waals surface area contributed by atoms with Crippen LogP contribution in [0.25, 0.3) is 0 Å². The van der Waals surface area contributed by atoms with Crippen molar-refractivity contribution in [2.45, 2.75) is 46.1 Å². The first-order valence-corrected chi connectivity index (χ1v) is 6.92. The summed E-state index contributed by atoms with van der Waals surface area (Å²) in [5, 5.41) is 13.1.